The molecule has 1 aliphatic carbocycles. The summed E-state index contributed by atoms with van der Waals surface area (Å²) >= 11 is 0. The maximum Gasteiger partial charge on any atom is 0.340 e. The highest BCUT2D eigenvalue weighted by atomic mass is 31.2. The molecule has 1 atom stereocenters. The standard InChI is InChI=1S/C30H30NO5P/c1-31(23-14-3-2-4-15-23)30(33)27-19-22-12-6-5-11-21(22)18-26(27)28(32)29(37(34,35)36)25-17-9-13-20-10-7-8-16-24(20)25/h5-13,16-19,23,29H,2-4,14-15H2,1H3,(H2,34,35,36). The first kappa shape index (κ1) is 25.3. The zero-order valence-electron chi connectivity index (χ0n) is 20.7. The third kappa shape index (κ3) is 4.97. The van der Waals surface area contributed by atoms with Crippen LogP contribution in [0.15, 0.2) is 78.9 Å². The largest absolute Gasteiger partial charge is 0.340 e. The Kier molecular flexibility index (Phi) is 7.00. The third-order valence-electron chi connectivity index (χ3n) is 7.53. The molecule has 0 bridgehead atoms. The summed E-state index contributed by atoms with van der Waals surface area (Å²) in [6, 6.07) is 23.1. The highest BCUT2D eigenvalue weighted by molar-refractivity contribution is 7.53. The Bertz CT molecular complexity index is 1530. The van der Waals surface area contributed by atoms with Crippen molar-refractivity contribution in [3.05, 3.63) is 95.6 Å². The molecule has 5 rings (SSSR count). The molecule has 1 aliphatic rings. The van der Waals surface area contributed by atoms with Gasteiger partial charge >= 0.3 is 7.60 Å². The third-order valence-corrected chi connectivity index (χ3v) is 8.71. The number of hydrogen-bond acceptors (Lipinski definition) is 3. The Morgan fingerprint density at radius 1 is 0.811 bits per heavy atom. The fourth-order valence-corrected chi connectivity index (χ4v) is 6.59. The highest BCUT2D eigenvalue weighted by Gasteiger charge is 2.40. The van der Waals surface area contributed by atoms with Crippen molar-refractivity contribution >= 4 is 40.8 Å². The molecule has 0 heterocycles. The van der Waals surface area contributed by atoms with Crippen molar-refractivity contribution < 1.29 is 23.9 Å². The van der Waals surface area contributed by atoms with Crippen LogP contribution in [0.25, 0.3) is 21.5 Å². The van der Waals surface area contributed by atoms with Crippen molar-refractivity contribution in [3.63, 3.8) is 0 Å². The van der Waals surface area contributed by atoms with Gasteiger partial charge in [0.15, 0.2) is 5.78 Å². The molecule has 6 nitrogen and oxygen atoms in total. The van der Waals surface area contributed by atoms with Gasteiger partial charge < -0.3 is 14.7 Å². The van der Waals surface area contributed by atoms with E-state index in [0.29, 0.717) is 5.39 Å². The lowest BCUT2D eigenvalue weighted by Gasteiger charge is -2.32. The van der Waals surface area contributed by atoms with Crippen molar-refractivity contribution in [2.24, 2.45) is 0 Å². The maximum atomic E-state index is 14.1. The lowest BCUT2D eigenvalue weighted by Crippen LogP contribution is -2.39. The first-order chi connectivity index (χ1) is 17.8. The number of rotatable bonds is 6. The molecule has 190 valence electrons. The van der Waals surface area contributed by atoms with Gasteiger partial charge in [0.1, 0.15) is 5.66 Å². The van der Waals surface area contributed by atoms with Crippen LogP contribution in [0.1, 0.15) is 64.0 Å². The molecule has 37 heavy (non-hydrogen) atoms. The Balaban J connectivity index is 1.67. The number of hydrogen-bond donors (Lipinski definition) is 2. The molecule has 0 spiro atoms. The average molecular weight is 516 g/mol. The van der Waals surface area contributed by atoms with E-state index >= 15 is 0 Å². The zero-order valence-corrected chi connectivity index (χ0v) is 21.6. The fraction of sp³-hybridized carbons (Fsp3) is 0.267. The van der Waals surface area contributed by atoms with Crippen molar-refractivity contribution in [2.45, 2.75) is 43.8 Å². The predicted octanol–water partition coefficient (Wildman–Crippen LogP) is 6.50. The second-order valence-electron chi connectivity index (χ2n) is 9.88. The number of amides is 1. The fourth-order valence-electron chi connectivity index (χ4n) is 5.56. The van der Waals surface area contributed by atoms with Crippen LogP contribution in [0.3, 0.4) is 0 Å². The van der Waals surface area contributed by atoms with Crippen molar-refractivity contribution in [1.29, 1.82) is 0 Å². The second kappa shape index (κ2) is 10.2. The monoisotopic (exact) mass is 515 g/mol. The molecular formula is C30H30NO5P. The van der Waals surface area contributed by atoms with E-state index in [1.165, 1.54) is 0 Å². The van der Waals surface area contributed by atoms with Crippen LogP contribution < -0.4 is 0 Å². The molecule has 1 unspecified atom stereocenters. The second-order valence-corrected chi connectivity index (χ2v) is 11.6. The van der Waals surface area contributed by atoms with Crippen LogP contribution in [0.5, 0.6) is 0 Å². The number of nitrogens with zero attached hydrogens (tertiary/aromatic N) is 1. The molecule has 0 radical (unpaired) electrons. The molecule has 0 aromatic heterocycles. The number of carbonyl (C=O) groups is 2. The van der Waals surface area contributed by atoms with Gasteiger partial charge in [-0.2, -0.15) is 0 Å². The van der Waals surface area contributed by atoms with Crippen LogP contribution in [0.2, 0.25) is 0 Å². The van der Waals surface area contributed by atoms with E-state index in [9.17, 15) is 23.9 Å². The van der Waals surface area contributed by atoms with Crippen molar-refractivity contribution in [1.82, 2.24) is 4.90 Å². The molecule has 1 amide bonds. The number of fused-ring (bicyclic) bond motifs is 2. The van der Waals surface area contributed by atoms with Gasteiger partial charge in [-0.05, 0) is 52.1 Å². The van der Waals surface area contributed by atoms with E-state index in [-0.39, 0.29) is 28.6 Å². The summed E-state index contributed by atoms with van der Waals surface area (Å²) in [7, 11) is -3.20. The van der Waals surface area contributed by atoms with Gasteiger partial charge in [0.2, 0.25) is 0 Å². The van der Waals surface area contributed by atoms with E-state index in [1.807, 2.05) is 42.5 Å². The van der Waals surface area contributed by atoms with E-state index in [4.69, 9.17) is 0 Å². The molecule has 1 fully saturated rings. The Hall–Kier alpha value is -3.31. The minimum absolute atomic E-state index is 0.0348. The summed E-state index contributed by atoms with van der Waals surface area (Å²) in [5.74, 6) is -1.06. The number of benzene rings is 4. The van der Waals surface area contributed by atoms with Crippen molar-refractivity contribution in [3.8, 4) is 0 Å². The van der Waals surface area contributed by atoms with Crippen LogP contribution in [0.4, 0.5) is 0 Å². The average Bonchev–Trinajstić information content (AvgIpc) is 2.91. The zero-order chi connectivity index (χ0) is 26.2. The molecule has 4 aromatic rings. The molecule has 7 heteroatoms. The quantitative estimate of drug-likeness (QED) is 0.226. The smallest absolute Gasteiger partial charge is 0.339 e. The summed E-state index contributed by atoms with van der Waals surface area (Å²) in [5, 5.41) is 2.89. The molecular weight excluding hydrogens is 485 g/mol. The normalized spacial score (nSPS) is 15.5. The minimum atomic E-state index is -4.96. The van der Waals surface area contributed by atoms with E-state index in [1.54, 1.807) is 48.3 Å². The van der Waals surface area contributed by atoms with Gasteiger partial charge in [-0.3, -0.25) is 14.2 Å². The van der Waals surface area contributed by atoms with Crippen LogP contribution in [0, 0.1) is 0 Å². The first-order valence-corrected chi connectivity index (χ1v) is 14.3. The summed E-state index contributed by atoms with van der Waals surface area (Å²) < 4.78 is 12.9. The summed E-state index contributed by atoms with van der Waals surface area (Å²) in [6.07, 6.45) is 5.05. The molecule has 1 saturated carbocycles. The van der Waals surface area contributed by atoms with Gasteiger partial charge in [0, 0.05) is 18.7 Å². The lowest BCUT2D eigenvalue weighted by molar-refractivity contribution is 0.0691. The van der Waals surface area contributed by atoms with E-state index in [0.717, 1.165) is 48.3 Å². The Labute approximate surface area is 216 Å². The van der Waals surface area contributed by atoms with Gasteiger partial charge in [0.05, 0.1) is 5.56 Å². The molecule has 0 saturated heterocycles. The topological polar surface area (TPSA) is 94.9 Å². The van der Waals surface area contributed by atoms with Crippen molar-refractivity contribution in [2.75, 3.05) is 7.05 Å². The van der Waals surface area contributed by atoms with Gasteiger partial charge in [-0.15, -0.1) is 0 Å². The summed E-state index contributed by atoms with van der Waals surface area (Å²) in [5.41, 5.74) is -1.27. The molecule has 4 aromatic carbocycles. The molecule has 0 aliphatic heterocycles. The van der Waals surface area contributed by atoms with E-state index < -0.39 is 19.0 Å². The SMILES string of the molecule is CN(C(=O)c1cc2ccccc2cc1C(=O)C(c1cccc2ccccc12)P(=O)(O)O)C1CCCCC1. The Morgan fingerprint density at radius 3 is 2.03 bits per heavy atom. The van der Waals surface area contributed by atoms with Crippen LogP contribution in [-0.2, 0) is 4.57 Å². The predicted molar refractivity (Wildman–Crippen MR) is 146 cm³/mol. The maximum absolute atomic E-state index is 14.1. The van der Waals surface area contributed by atoms with Crippen LogP contribution in [-0.4, -0.2) is 39.5 Å². The summed E-state index contributed by atoms with van der Waals surface area (Å²) in [6.45, 7) is 0. The number of ketones is 1. The van der Waals surface area contributed by atoms with Gasteiger partial charge in [-0.1, -0.05) is 86.0 Å². The van der Waals surface area contributed by atoms with Gasteiger partial charge in [-0.25, -0.2) is 0 Å². The molecule has 2 N–H and O–H groups in total. The minimum Gasteiger partial charge on any atom is -0.339 e. The highest BCUT2D eigenvalue weighted by Crippen LogP contribution is 2.55. The lowest BCUT2D eigenvalue weighted by atomic mass is 9.91. The van der Waals surface area contributed by atoms with Crippen LogP contribution >= 0.6 is 7.60 Å². The first-order valence-electron chi connectivity index (χ1n) is 12.6. The Morgan fingerprint density at radius 2 is 1.38 bits per heavy atom. The van der Waals surface area contributed by atoms with E-state index in [2.05, 4.69) is 0 Å². The number of Topliss-reactive ketones (excluding diaryl/α,β-unsaturated/α-hetero) is 1. The summed E-state index contributed by atoms with van der Waals surface area (Å²) in [4.78, 5) is 50.6. The number of carbonyl (C=O) groups excluding carboxylic acids is 2. The van der Waals surface area contributed by atoms with Gasteiger partial charge in [0.25, 0.3) is 5.91 Å².